The first-order valence-corrected chi connectivity index (χ1v) is 8.85. The molecule has 0 atom stereocenters. The number of rotatable bonds is 6. The number of hydrogen-bond donors (Lipinski definition) is 3. The molecule has 0 aromatic heterocycles. The van der Waals surface area contributed by atoms with Crippen molar-refractivity contribution in [3.8, 4) is 11.5 Å². The molecule has 150 valence electrons. The van der Waals surface area contributed by atoms with E-state index in [1.165, 1.54) is 0 Å². The first-order valence-electron chi connectivity index (χ1n) is 8.85. The third kappa shape index (κ3) is 6.79. The molecule has 3 aromatic carbocycles. The van der Waals surface area contributed by atoms with Gasteiger partial charge in [0.15, 0.2) is 5.96 Å². The Morgan fingerprint density at radius 1 is 0.966 bits per heavy atom. The van der Waals surface area contributed by atoms with Gasteiger partial charge in [0, 0.05) is 24.4 Å². The van der Waals surface area contributed by atoms with E-state index in [0.717, 1.165) is 17.0 Å². The summed E-state index contributed by atoms with van der Waals surface area (Å²) in [5.41, 5.74) is 8.26. The standard InChI is InChI=1S/C22H22N4O2.HI/c1-24-21(27)17-8-5-7-16(13-17)15-25-22(23)26-18-9-6-12-20(14-18)28-19-10-3-2-4-11-19;/h2-14H,15H2,1H3,(H,24,27)(H3,23,25,26);1H. The summed E-state index contributed by atoms with van der Waals surface area (Å²) >= 11 is 0. The van der Waals surface area contributed by atoms with Gasteiger partial charge in [0.1, 0.15) is 11.5 Å². The number of anilines is 1. The smallest absolute Gasteiger partial charge is 0.251 e. The fourth-order valence-corrected chi connectivity index (χ4v) is 2.58. The van der Waals surface area contributed by atoms with Crippen LogP contribution in [0.2, 0.25) is 0 Å². The number of aliphatic imine (C=N–C) groups is 1. The van der Waals surface area contributed by atoms with Crippen molar-refractivity contribution < 1.29 is 9.53 Å². The summed E-state index contributed by atoms with van der Waals surface area (Å²) in [6.07, 6.45) is 0. The van der Waals surface area contributed by atoms with Crippen LogP contribution in [-0.4, -0.2) is 18.9 Å². The number of nitrogens with zero attached hydrogens (tertiary/aromatic N) is 1. The number of guanidine groups is 1. The van der Waals surface area contributed by atoms with E-state index in [0.29, 0.717) is 17.9 Å². The maximum atomic E-state index is 11.7. The molecular weight excluding hydrogens is 479 g/mol. The number of carbonyl (C=O) groups is 1. The molecule has 3 aromatic rings. The minimum atomic E-state index is -0.132. The van der Waals surface area contributed by atoms with E-state index in [1.54, 1.807) is 19.2 Å². The van der Waals surface area contributed by atoms with Crippen LogP contribution in [0.1, 0.15) is 15.9 Å². The van der Waals surface area contributed by atoms with Gasteiger partial charge in [-0.15, -0.1) is 24.0 Å². The highest BCUT2D eigenvalue weighted by Crippen LogP contribution is 2.23. The van der Waals surface area contributed by atoms with Crippen LogP contribution in [0.5, 0.6) is 11.5 Å². The first-order chi connectivity index (χ1) is 13.6. The van der Waals surface area contributed by atoms with Gasteiger partial charge < -0.3 is 21.1 Å². The van der Waals surface area contributed by atoms with Gasteiger partial charge in [0.05, 0.1) is 6.54 Å². The lowest BCUT2D eigenvalue weighted by molar-refractivity contribution is 0.0963. The molecule has 0 spiro atoms. The Morgan fingerprint density at radius 3 is 2.45 bits per heavy atom. The van der Waals surface area contributed by atoms with Crippen LogP contribution in [0.3, 0.4) is 0 Å². The van der Waals surface area contributed by atoms with Crippen LogP contribution in [-0.2, 0) is 6.54 Å². The zero-order chi connectivity index (χ0) is 19.8. The van der Waals surface area contributed by atoms with Crippen molar-refractivity contribution in [1.82, 2.24) is 5.32 Å². The SMILES string of the molecule is CNC(=O)c1cccc(CN=C(N)Nc2cccc(Oc3ccccc3)c2)c1.I. The molecule has 0 aliphatic carbocycles. The maximum Gasteiger partial charge on any atom is 0.251 e. The van der Waals surface area contributed by atoms with Crippen LogP contribution in [0.25, 0.3) is 0 Å². The van der Waals surface area contributed by atoms with Gasteiger partial charge in [0.2, 0.25) is 0 Å². The second kappa shape index (κ2) is 11.1. The Morgan fingerprint density at radius 2 is 1.69 bits per heavy atom. The highest BCUT2D eigenvalue weighted by atomic mass is 127. The number of nitrogens with one attached hydrogen (secondary N) is 2. The van der Waals surface area contributed by atoms with Crippen molar-refractivity contribution in [3.05, 3.63) is 90.0 Å². The van der Waals surface area contributed by atoms with E-state index in [4.69, 9.17) is 10.5 Å². The maximum absolute atomic E-state index is 11.7. The molecule has 4 N–H and O–H groups in total. The summed E-state index contributed by atoms with van der Waals surface area (Å²) in [4.78, 5) is 16.1. The van der Waals surface area contributed by atoms with Gasteiger partial charge in [-0.2, -0.15) is 0 Å². The number of carbonyl (C=O) groups excluding carboxylic acids is 1. The number of ether oxygens (including phenoxy) is 1. The highest BCUT2D eigenvalue weighted by Gasteiger charge is 2.04. The monoisotopic (exact) mass is 502 g/mol. The quantitative estimate of drug-likeness (QED) is 0.265. The summed E-state index contributed by atoms with van der Waals surface area (Å²) in [6.45, 7) is 0.365. The predicted molar refractivity (Wildman–Crippen MR) is 127 cm³/mol. The highest BCUT2D eigenvalue weighted by molar-refractivity contribution is 14.0. The molecule has 0 aliphatic heterocycles. The largest absolute Gasteiger partial charge is 0.457 e. The summed E-state index contributed by atoms with van der Waals surface area (Å²) in [5, 5.41) is 5.66. The van der Waals surface area contributed by atoms with E-state index in [9.17, 15) is 4.79 Å². The van der Waals surface area contributed by atoms with Crippen LogP contribution in [0.4, 0.5) is 5.69 Å². The summed E-state index contributed by atoms with van der Waals surface area (Å²) in [7, 11) is 1.60. The number of hydrogen-bond acceptors (Lipinski definition) is 3. The molecule has 0 fully saturated rings. The second-order valence-corrected chi connectivity index (χ2v) is 6.05. The Labute approximate surface area is 187 Å². The Bertz CT molecular complexity index is 977. The molecule has 3 rings (SSSR count). The van der Waals surface area contributed by atoms with E-state index in [2.05, 4.69) is 15.6 Å². The lowest BCUT2D eigenvalue weighted by Gasteiger charge is -2.09. The molecule has 0 aliphatic rings. The molecule has 0 saturated heterocycles. The molecule has 0 heterocycles. The van der Waals surface area contributed by atoms with Crippen LogP contribution >= 0.6 is 24.0 Å². The van der Waals surface area contributed by atoms with Crippen LogP contribution < -0.4 is 21.1 Å². The number of halogens is 1. The van der Waals surface area contributed by atoms with Crippen molar-refractivity contribution in [2.24, 2.45) is 10.7 Å². The van der Waals surface area contributed by atoms with Gasteiger partial charge in [-0.1, -0.05) is 36.4 Å². The molecule has 0 bridgehead atoms. The van der Waals surface area contributed by atoms with Gasteiger partial charge in [-0.25, -0.2) is 4.99 Å². The molecule has 0 unspecified atom stereocenters. The number of nitrogens with two attached hydrogens (primary N) is 1. The fraction of sp³-hybridized carbons (Fsp3) is 0.0909. The van der Waals surface area contributed by atoms with Crippen LogP contribution in [0, 0.1) is 0 Å². The minimum Gasteiger partial charge on any atom is -0.457 e. The normalized spacial score (nSPS) is 10.6. The lowest BCUT2D eigenvalue weighted by Crippen LogP contribution is -2.22. The third-order valence-electron chi connectivity index (χ3n) is 3.93. The van der Waals surface area contributed by atoms with E-state index >= 15 is 0 Å². The van der Waals surface area contributed by atoms with Gasteiger partial charge in [0.25, 0.3) is 5.91 Å². The van der Waals surface area contributed by atoms with Crippen molar-refractivity contribution in [1.29, 1.82) is 0 Å². The number of para-hydroxylation sites is 1. The molecule has 6 nitrogen and oxygen atoms in total. The molecule has 0 saturated carbocycles. The van der Waals surface area contributed by atoms with Crippen molar-refractivity contribution in [3.63, 3.8) is 0 Å². The molecular formula is C22H23IN4O2. The zero-order valence-electron chi connectivity index (χ0n) is 16.0. The summed E-state index contributed by atoms with van der Waals surface area (Å²) in [5.74, 6) is 1.61. The Hall–Kier alpha value is -3.07. The van der Waals surface area contributed by atoms with Crippen molar-refractivity contribution >= 4 is 41.5 Å². The Kier molecular flexibility index (Phi) is 8.47. The summed E-state index contributed by atoms with van der Waals surface area (Å²) < 4.78 is 5.82. The number of benzene rings is 3. The lowest BCUT2D eigenvalue weighted by atomic mass is 10.1. The Balaban J connectivity index is 0.00000300. The topological polar surface area (TPSA) is 88.7 Å². The average Bonchev–Trinajstić information content (AvgIpc) is 2.73. The van der Waals surface area contributed by atoms with E-state index in [1.807, 2.05) is 66.7 Å². The number of amides is 1. The second-order valence-electron chi connectivity index (χ2n) is 6.05. The fourth-order valence-electron chi connectivity index (χ4n) is 2.58. The van der Waals surface area contributed by atoms with Crippen molar-refractivity contribution in [2.45, 2.75) is 6.54 Å². The van der Waals surface area contributed by atoms with Crippen LogP contribution in [0.15, 0.2) is 83.9 Å². The molecule has 1 amide bonds. The molecule has 7 heteroatoms. The van der Waals surface area contributed by atoms with E-state index in [-0.39, 0.29) is 35.8 Å². The van der Waals surface area contributed by atoms with Gasteiger partial charge in [-0.3, -0.25) is 4.79 Å². The summed E-state index contributed by atoms with van der Waals surface area (Å²) in [6, 6.07) is 24.3. The minimum absolute atomic E-state index is 0. The molecule has 0 radical (unpaired) electrons. The molecule has 29 heavy (non-hydrogen) atoms. The predicted octanol–water partition coefficient (Wildman–Crippen LogP) is 4.38. The van der Waals surface area contributed by atoms with Crippen molar-refractivity contribution in [2.75, 3.05) is 12.4 Å². The third-order valence-corrected chi connectivity index (χ3v) is 3.93. The van der Waals surface area contributed by atoms with Gasteiger partial charge in [-0.05, 0) is 42.0 Å². The zero-order valence-corrected chi connectivity index (χ0v) is 18.3. The first kappa shape index (κ1) is 22.2. The van der Waals surface area contributed by atoms with E-state index < -0.39 is 0 Å². The van der Waals surface area contributed by atoms with Gasteiger partial charge >= 0.3 is 0 Å². The average molecular weight is 502 g/mol.